The Labute approximate surface area is 217 Å². The molecule has 0 amide bonds. The number of nitrogens with zero attached hydrogens (tertiary/aromatic N) is 3. The molecule has 0 aliphatic rings. The summed E-state index contributed by atoms with van der Waals surface area (Å²) < 4.78 is 10.3. The molecule has 3 heterocycles. The fraction of sp³-hybridized carbons (Fsp3) is 0.125. The average molecular weight is 542 g/mol. The average Bonchev–Trinajstić information content (AvgIpc) is 3.48. The summed E-state index contributed by atoms with van der Waals surface area (Å²) >= 11 is -2.00. The number of pyridine rings is 1. The van der Waals surface area contributed by atoms with Crippen LogP contribution in [0.2, 0.25) is 17.3 Å². The maximum absolute atomic E-state index is 6.64. The van der Waals surface area contributed by atoms with Gasteiger partial charge in [-0.1, -0.05) is 6.07 Å². The van der Waals surface area contributed by atoms with Gasteiger partial charge in [0.1, 0.15) is 0 Å². The van der Waals surface area contributed by atoms with Crippen molar-refractivity contribution in [2.75, 3.05) is 0 Å². The van der Waals surface area contributed by atoms with E-state index in [1.807, 2.05) is 19.1 Å². The van der Waals surface area contributed by atoms with Gasteiger partial charge in [0, 0.05) is 0 Å². The number of aryl methyl sites for hydroxylation is 1. The van der Waals surface area contributed by atoms with Gasteiger partial charge in [-0.2, -0.15) is 0 Å². The number of furan rings is 1. The number of imidazole rings is 1. The SMILES string of the molecule is Cc1nc2ccccc2c2c1nc(-c1cccc3c1oc1c[c]([Ge]([CH3])([CH3])[CH3])ccc13)n2-c1ccccc1. The van der Waals surface area contributed by atoms with E-state index in [0.29, 0.717) is 0 Å². The number of para-hydroxylation sites is 3. The van der Waals surface area contributed by atoms with E-state index in [0.717, 1.165) is 66.6 Å². The summed E-state index contributed by atoms with van der Waals surface area (Å²) in [6.07, 6.45) is 0. The molecule has 0 fully saturated rings. The number of rotatable bonds is 3. The summed E-state index contributed by atoms with van der Waals surface area (Å²) in [4.78, 5) is 10.1. The second-order valence-corrected chi connectivity index (χ2v) is 21.4. The first-order valence-corrected chi connectivity index (χ1v) is 20.0. The first-order chi connectivity index (χ1) is 17.9. The summed E-state index contributed by atoms with van der Waals surface area (Å²) in [5.74, 6) is 8.11. The quantitative estimate of drug-likeness (QED) is 0.213. The Morgan fingerprint density at radius 1 is 0.730 bits per heavy atom. The van der Waals surface area contributed by atoms with Gasteiger partial charge in [-0.15, -0.1) is 0 Å². The zero-order valence-corrected chi connectivity index (χ0v) is 23.5. The molecule has 37 heavy (non-hydrogen) atoms. The molecule has 0 bridgehead atoms. The fourth-order valence-electron chi connectivity index (χ4n) is 5.38. The maximum atomic E-state index is 6.64. The summed E-state index contributed by atoms with van der Waals surface area (Å²) in [7, 11) is 0. The second-order valence-electron chi connectivity index (χ2n) is 10.8. The number of fused-ring (bicyclic) bond motifs is 6. The van der Waals surface area contributed by atoms with Gasteiger partial charge in [0.05, 0.1) is 0 Å². The van der Waals surface area contributed by atoms with E-state index in [1.165, 1.54) is 4.40 Å². The van der Waals surface area contributed by atoms with Crippen LogP contribution in [0.15, 0.2) is 95.4 Å². The van der Waals surface area contributed by atoms with Gasteiger partial charge in [-0.3, -0.25) is 0 Å². The second kappa shape index (κ2) is 8.05. The van der Waals surface area contributed by atoms with E-state index in [4.69, 9.17) is 14.4 Å². The van der Waals surface area contributed by atoms with Gasteiger partial charge in [0.25, 0.3) is 0 Å². The topological polar surface area (TPSA) is 43.9 Å². The normalized spacial score (nSPS) is 12.3. The number of aromatic nitrogens is 3. The molecule has 0 atom stereocenters. The molecule has 180 valence electrons. The predicted molar refractivity (Wildman–Crippen MR) is 157 cm³/mol. The van der Waals surface area contributed by atoms with Crippen molar-refractivity contribution < 1.29 is 4.42 Å². The molecule has 0 saturated heterocycles. The van der Waals surface area contributed by atoms with Crippen LogP contribution in [0, 0.1) is 6.92 Å². The minimum absolute atomic E-state index is 0.862. The van der Waals surface area contributed by atoms with Gasteiger partial charge < -0.3 is 0 Å². The van der Waals surface area contributed by atoms with Crippen LogP contribution in [0.5, 0.6) is 0 Å². The van der Waals surface area contributed by atoms with Crippen molar-refractivity contribution in [3.63, 3.8) is 0 Å². The van der Waals surface area contributed by atoms with Crippen molar-refractivity contribution in [2.45, 2.75) is 24.2 Å². The Kier molecular flexibility index (Phi) is 4.86. The molecule has 0 aliphatic carbocycles. The van der Waals surface area contributed by atoms with E-state index >= 15 is 0 Å². The Morgan fingerprint density at radius 3 is 2.30 bits per heavy atom. The molecule has 5 heteroatoms. The summed E-state index contributed by atoms with van der Waals surface area (Å²) in [6, 6.07) is 32.0. The summed E-state index contributed by atoms with van der Waals surface area (Å²) in [6.45, 7) is 2.04. The van der Waals surface area contributed by atoms with Crippen LogP contribution in [0.3, 0.4) is 0 Å². The monoisotopic (exact) mass is 543 g/mol. The van der Waals surface area contributed by atoms with Crippen LogP contribution in [0.25, 0.3) is 61.0 Å². The number of hydrogen-bond donors (Lipinski definition) is 0. The summed E-state index contributed by atoms with van der Waals surface area (Å²) in [5.41, 5.74) is 7.74. The van der Waals surface area contributed by atoms with Crippen LogP contribution in [-0.2, 0) is 0 Å². The molecule has 0 aliphatic heterocycles. The Balaban J connectivity index is 1.61. The van der Waals surface area contributed by atoms with Crippen molar-refractivity contribution in [1.29, 1.82) is 0 Å². The van der Waals surface area contributed by atoms with Crippen molar-refractivity contribution in [3.05, 3.63) is 96.7 Å². The van der Waals surface area contributed by atoms with E-state index in [2.05, 4.69) is 101 Å². The van der Waals surface area contributed by atoms with Crippen LogP contribution in [0.1, 0.15) is 5.69 Å². The third kappa shape index (κ3) is 3.43. The number of benzene rings is 4. The van der Waals surface area contributed by atoms with Crippen molar-refractivity contribution in [3.8, 4) is 17.1 Å². The number of hydrogen-bond acceptors (Lipinski definition) is 3. The molecule has 0 radical (unpaired) electrons. The van der Waals surface area contributed by atoms with Gasteiger partial charge in [-0.25, -0.2) is 0 Å². The van der Waals surface area contributed by atoms with Gasteiger partial charge in [0.2, 0.25) is 0 Å². The Morgan fingerprint density at radius 2 is 1.49 bits per heavy atom. The Hall–Kier alpha value is -3.90. The van der Waals surface area contributed by atoms with E-state index in [1.54, 1.807) is 0 Å². The van der Waals surface area contributed by atoms with Crippen LogP contribution >= 0.6 is 0 Å². The van der Waals surface area contributed by atoms with Crippen molar-refractivity contribution >= 4 is 61.5 Å². The summed E-state index contributed by atoms with van der Waals surface area (Å²) in [5, 5.41) is 3.36. The first-order valence-electron chi connectivity index (χ1n) is 12.7. The van der Waals surface area contributed by atoms with Gasteiger partial charge >= 0.3 is 212 Å². The van der Waals surface area contributed by atoms with Crippen molar-refractivity contribution in [1.82, 2.24) is 14.5 Å². The zero-order valence-electron chi connectivity index (χ0n) is 21.4. The van der Waals surface area contributed by atoms with Gasteiger partial charge in [0.15, 0.2) is 0 Å². The van der Waals surface area contributed by atoms with E-state index < -0.39 is 13.3 Å². The Bertz CT molecular complexity index is 1980. The zero-order chi connectivity index (χ0) is 25.3. The molecule has 0 saturated carbocycles. The third-order valence-corrected chi connectivity index (χ3v) is 11.6. The standard InChI is InChI=1S/C32H27GeN3O/c1-20-29-30(25-13-8-9-16-27(25)34-20)36(22-11-6-5-7-12-22)32(35-29)26-15-10-14-24-23-18-17-21(33(2,3)4)19-28(23)37-31(24)26/h5-19H,1-4H3. The molecule has 3 aromatic heterocycles. The molecule has 4 nitrogen and oxygen atoms in total. The molecule has 0 N–H and O–H groups in total. The molecule has 7 rings (SSSR count). The molecule has 0 unspecified atom stereocenters. The molecule has 4 aromatic carbocycles. The van der Waals surface area contributed by atoms with Crippen molar-refractivity contribution in [2.24, 2.45) is 0 Å². The van der Waals surface area contributed by atoms with E-state index in [-0.39, 0.29) is 0 Å². The van der Waals surface area contributed by atoms with E-state index in [9.17, 15) is 0 Å². The molecule has 0 spiro atoms. The minimum atomic E-state index is -2.00. The van der Waals surface area contributed by atoms with Crippen LogP contribution in [0.4, 0.5) is 0 Å². The van der Waals surface area contributed by atoms with Crippen LogP contribution < -0.4 is 4.40 Å². The van der Waals surface area contributed by atoms with Gasteiger partial charge in [-0.05, 0) is 0 Å². The fourth-order valence-corrected chi connectivity index (χ4v) is 7.78. The predicted octanol–water partition coefficient (Wildman–Crippen LogP) is 7.99. The molecular weight excluding hydrogens is 515 g/mol. The van der Waals surface area contributed by atoms with Crippen LogP contribution in [-0.4, -0.2) is 27.8 Å². The molecular formula is C32H27GeN3O. The third-order valence-electron chi connectivity index (χ3n) is 7.29. The molecule has 7 aromatic rings. The first kappa shape index (κ1) is 22.3.